The summed E-state index contributed by atoms with van der Waals surface area (Å²) < 4.78 is 28.2. The Morgan fingerprint density at radius 2 is 1.67 bits per heavy atom. The standard InChI is InChI=1S/C15H25N3O2S/c1-17(12-13-6-4-3-5-7-13)21(19,20)18(2)15-10-8-14(16)9-11-15/h3-7,14-15H,8-12,16H2,1-2H3. The maximum absolute atomic E-state index is 12.6. The van der Waals surface area contributed by atoms with Gasteiger partial charge in [-0.2, -0.15) is 17.0 Å². The Bertz CT molecular complexity index is 539. The van der Waals surface area contributed by atoms with Crippen LogP contribution in [-0.4, -0.2) is 43.2 Å². The molecule has 0 unspecified atom stereocenters. The summed E-state index contributed by atoms with van der Waals surface area (Å²) in [7, 11) is -0.117. The van der Waals surface area contributed by atoms with Crippen molar-refractivity contribution in [3.63, 3.8) is 0 Å². The first-order chi connectivity index (χ1) is 9.91. The summed E-state index contributed by atoms with van der Waals surface area (Å²) in [6, 6.07) is 9.92. The van der Waals surface area contributed by atoms with Gasteiger partial charge in [-0.05, 0) is 31.2 Å². The lowest BCUT2D eigenvalue weighted by Gasteiger charge is -2.34. The van der Waals surface area contributed by atoms with Crippen molar-refractivity contribution >= 4 is 10.2 Å². The number of nitrogens with two attached hydrogens (primary N) is 1. The van der Waals surface area contributed by atoms with Crippen LogP contribution in [0.2, 0.25) is 0 Å². The molecule has 1 aliphatic rings. The first-order valence-corrected chi connectivity index (χ1v) is 8.79. The van der Waals surface area contributed by atoms with E-state index >= 15 is 0 Å². The third-order valence-corrected chi connectivity index (χ3v) is 6.20. The second-order valence-corrected chi connectivity index (χ2v) is 7.93. The molecule has 0 amide bonds. The van der Waals surface area contributed by atoms with Gasteiger partial charge in [0.2, 0.25) is 0 Å². The molecular weight excluding hydrogens is 286 g/mol. The molecule has 1 aliphatic carbocycles. The molecule has 0 radical (unpaired) electrons. The highest BCUT2D eigenvalue weighted by molar-refractivity contribution is 7.86. The van der Waals surface area contributed by atoms with Gasteiger partial charge in [-0.3, -0.25) is 0 Å². The van der Waals surface area contributed by atoms with Crippen molar-refractivity contribution in [3.8, 4) is 0 Å². The van der Waals surface area contributed by atoms with Gasteiger partial charge >= 0.3 is 0 Å². The van der Waals surface area contributed by atoms with Crippen LogP contribution in [0.5, 0.6) is 0 Å². The van der Waals surface area contributed by atoms with E-state index in [9.17, 15) is 8.42 Å². The predicted molar refractivity (Wildman–Crippen MR) is 84.8 cm³/mol. The van der Waals surface area contributed by atoms with E-state index in [4.69, 9.17) is 5.73 Å². The molecule has 1 aromatic carbocycles. The Labute approximate surface area is 127 Å². The second kappa shape index (κ2) is 6.87. The van der Waals surface area contributed by atoms with Gasteiger partial charge in [0, 0.05) is 32.7 Å². The van der Waals surface area contributed by atoms with Crippen LogP contribution in [0, 0.1) is 0 Å². The molecule has 2 rings (SSSR count). The van der Waals surface area contributed by atoms with E-state index in [1.54, 1.807) is 14.1 Å². The van der Waals surface area contributed by atoms with Crippen LogP contribution in [0.3, 0.4) is 0 Å². The lowest BCUT2D eigenvalue weighted by atomic mass is 9.92. The van der Waals surface area contributed by atoms with Gasteiger partial charge in [0.05, 0.1) is 0 Å². The Morgan fingerprint density at radius 3 is 2.24 bits per heavy atom. The minimum Gasteiger partial charge on any atom is -0.328 e. The Morgan fingerprint density at radius 1 is 1.10 bits per heavy atom. The molecule has 6 heteroatoms. The van der Waals surface area contributed by atoms with E-state index in [0.717, 1.165) is 31.2 Å². The van der Waals surface area contributed by atoms with Crippen molar-refractivity contribution in [1.29, 1.82) is 0 Å². The van der Waals surface area contributed by atoms with Crippen molar-refractivity contribution in [2.24, 2.45) is 5.73 Å². The number of nitrogens with zero attached hydrogens (tertiary/aromatic N) is 2. The normalized spacial score (nSPS) is 23.7. The summed E-state index contributed by atoms with van der Waals surface area (Å²) in [4.78, 5) is 0. The maximum Gasteiger partial charge on any atom is 0.282 e. The van der Waals surface area contributed by atoms with Crippen molar-refractivity contribution in [2.45, 2.75) is 44.3 Å². The number of benzene rings is 1. The van der Waals surface area contributed by atoms with Crippen LogP contribution >= 0.6 is 0 Å². The topological polar surface area (TPSA) is 66.6 Å². The minimum atomic E-state index is -3.43. The highest BCUT2D eigenvalue weighted by Crippen LogP contribution is 2.24. The van der Waals surface area contributed by atoms with Crippen LogP contribution in [0.4, 0.5) is 0 Å². The average Bonchev–Trinajstić information content (AvgIpc) is 2.48. The van der Waals surface area contributed by atoms with Crippen LogP contribution in [0.25, 0.3) is 0 Å². The molecule has 2 N–H and O–H groups in total. The average molecular weight is 311 g/mol. The van der Waals surface area contributed by atoms with E-state index in [2.05, 4.69) is 0 Å². The summed E-state index contributed by atoms with van der Waals surface area (Å²) in [5.41, 5.74) is 6.88. The first-order valence-electron chi connectivity index (χ1n) is 7.40. The molecule has 0 aliphatic heterocycles. The first kappa shape index (κ1) is 16.4. The highest BCUT2D eigenvalue weighted by atomic mass is 32.2. The SMILES string of the molecule is CN(Cc1ccccc1)S(=O)(=O)N(C)C1CCC(N)CC1. The maximum atomic E-state index is 12.6. The van der Waals surface area contributed by atoms with Gasteiger partial charge in [-0.15, -0.1) is 0 Å². The van der Waals surface area contributed by atoms with E-state index in [-0.39, 0.29) is 12.1 Å². The van der Waals surface area contributed by atoms with Crippen molar-refractivity contribution in [3.05, 3.63) is 35.9 Å². The zero-order valence-electron chi connectivity index (χ0n) is 12.8. The van der Waals surface area contributed by atoms with Gasteiger partial charge in [-0.25, -0.2) is 0 Å². The van der Waals surface area contributed by atoms with Crippen molar-refractivity contribution in [2.75, 3.05) is 14.1 Å². The molecular formula is C15H25N3O2S. The largest absolute Gasteiger partial charge is 0.328 e. The zero-order valence-corrected chi connectivity index (χ0v) is 13.6. The molecule has 0 heterocycles. The third kappa shape index (κ3) is 4.03. The van der Waals surface area contributed by atoms with Gasteiger partial charge in [0.1, 0.15) is 0 Å². The van der Waals surface area contributed by atoms with Gasteiger partial charge < -0.3 is 5.73 Å². The molecule has 118 valence electrons. The van der Waals surface area contributed by atoms with Crippen LogP contribution in [0.15, 0.2) is 30.3 Å². The predicted octanol–water partition coefficient (Wildman–Crippen LogP) is 1.56. The van der Waals surface area contributed by atoms with E-state index in [0.29, 0.717) is 6.54 Å². The van der Waals surface area contributed by atoms with Crippen molar-refractivity contribution < 1.29 is 8.42 Å². The van der Waals surface area contributed by atoms with Crippen LogP contribution in [-0.2, 0) is 16.8 Å². The molecule has 5 nitrogen and oxygen atoms in total. The van der Waals surface area contributed by atoms with Gasteiger partial charge in [0.25, 0.3) is 10.2 Å². The molecule has 0 bridgehead atoms. The molecule has 1 fully saturated rings. The molecule has 0 spiro atoms. The summed E-state index contributed by atoms with van der Waals surface area (Å²) in [5.74, 6) is 0. The summed E-state index contributed by atoms with van der Waals surface area (Å²) in [5, 5.41) is 0. The van der Waals surface area contributed by atoms with Crippen LogP contribution < -0.4 is 5.73 Å². The summed E-state index contributed by atoms with van der Waals surface area (Å²) in [6.07, 6.45) is 3.48. The molecule has 0 atom stereocenters. The molecule has 21 heavy (non-hydrogen) atoms. The Hall–Kier alpha value is -0.950. The Kier molecular flexibility index (Phi) is 5.37. The number of rotatable bonds is 5. The van der Waals surface area contributed by atoms with E-state index in [1.165, 1.54) is 8.61 Å². The van der Waals surface area contributed by atoms with Gasteiger partial charge in [-0.1, -0.05) is 30.3 Å². The second-order valence-electron chi connectivity index (χ2n) is 5.83. The molecule has 0 saturated heterocycles. The lowest BCUT2D eigenvalue weighted by Crippen LogP contribution is -2.47. The number of hydrogen-bond donors (Lipinski definition) is 1. The summed E-state index contributed by atoms with van der Waals surface area (Å²) >= 11 is 0. The monoisotopic (exact) mass is 311 g/mol. The molecule has 1 aromatic rings. The third-order valence-electron chi connectivity index (χ3n) is 4.26. The highest BCUT2D eigenvalue weighted by Gasteiger charge is 2.32. The fourth-order valence-electron chi connectivity index (χ4n) is 2.80. The fourth-order valence-corrected chi connectivity index (χ4v) is 4.14. The summed E-state index contributed by atoms with van der Waals surface area (Å²) in [6.45, 7) is 0.389. The fraction of sp³-hybridized carbons (Fsp3) is 0.600. The smallest absolute Gasteiger partial charge is 0.282 e. The van der Waals surface area contributed by atoms with E-state index in [1.807, 2.05) is 30.3 Å². The van der Waals surface area contributed by atoms with Crippen LogP contribution in [0.1, 0.15) is 31.2 Å². The minimum absolute atomic E-state index is 0.0630. The Balaban J connectivity index is 2.02. The lowest BCUT2D eigenvalue weighted by molar-refractivity contribution is 0.254. The van der Waals surface area contributed by atoms with Gasteiger partial charge in [0.15, 0.2) is 0 Å². The molecule has 0 aromatic heterocycles. The van der Waals surface area contributed by atoms with E-state index < -0.39 is 10.2 Å². The zero-order chi connectivity index (χ0) is 15.5. The number of hydrogen-bond acceptors (Lipinski definition) is 3. The quantitative estimate of drug-likeness (QED) is 0.897. The van der Waals surface area contributed by atoms with Crippen molar-refractivity contribution in [1.82, 2.24) is 8.61 Å². The molecule has 1 saturated carbocycles.